The van der Waals surface area contributed by atoms with Crippen molar-refractivity contribution in [3.8, 4) is 0 Å². The van der Waals surface area contributed by atoms with Crippen molar-refractivity contribution in [2.75, 3.05) is 22.2 Å². The number of anilines is 4. The Balaban J connectivity index is 1.25. The van der Waals surface area contributed by atoms with Gasteiger partial charge >= 0.3 is 5.69 Å². The van der Waals surface area contributed by atoms with Crippen LogP contribution in [0.25, 0.3) is 0 Å². The maximum atomic E-state index is 12.1. The molecule has 47 heavy (non-hydrogen) atoms. The predicted octanol–water partition coefficient (Wildman–Crippen LogP) is 6.87. The van der Waals surface area contributed by atoms with Crippen molar-refractivity contribution < 1.29 is 9.35 Å². The number of nitrogens with zero attached hydrogens (tertiary/aromatic N) is 5. The highest BCUT2D eigenvalue weighted by Gasteiger charge is 2.52. The summed E-state index contributed by atoms with van der Waals surface area (Å²) in [5.41, 5.74) is 3.69. The van der Waals surface area contributed by atoms with E-state index in [2.05, 4.69) is 114 Å². The predicted molar refractivity (Wildman–Crippen MR) is 187 cm³/mol. The highest BCUT2D eigenvalue weighted by atomic mass is 28.4. The molecule has 0 saturated carbocycles. The molecule has 238 valence electrons. The zero-order valence-electron chi connectivity index (χ0n) is 26.6. The lowest BCUT2D eigenvalue weighted by Gasteiger charge is -2.46. The first-order valence-electron chi connectivity index (χ1n) is 15.9. The summed E-state index contributed by atoms with van der Waals surface area (Å²) in [7, 11) is -2.82. The van der Waals surface area contributed by atoms with E-state index in [-0.39, 0.29) is 28.7 Å². The summed E-state index contributed by atoms with van der Waals surface area (Å²) < 4.78 is 7.58. The Morgan fingerprint density at radius 3 is 2.23 bits per heavy atom. The SMILES string of the molecule is CC(C)(C)[Si](O[C@@H]1CC[C@@H](Nc2nc(N3CNc4ccncc43)ncc2[N+](=O)[O-])c2ccccc21)(c1ccccc1)c1ccccc1. The number of benzene rings is 3. The van der Waals surface area contributed by atoms with E-state index in [9.17, 15) is 10.1 Å². The summed E-state index contributed by atoms with van der Waals surface area (Å²) in [6.07, 6.45) is 6.00. The van der Waals surface area contributed by atoms with Crippen LogP contribution in [0, 0.1) is 10.1 Å². The number of hydrogen-bond acceptors (Lipinski definition) is 9. The fourth-order valence-electron chi connectivity index (χ4n) is 7.01. The van der Waals surface area contributed by atoms with E-state index >= 15 is 0 Å². The van der Waals surface area contributed by atoms with Crippen LogP contribution in [0.3, 0.4) is 0 Å². The van der Waals surface area contributed by atoms with Crippen LogP contribution in [-0.4, -0.2) is 34.9 Å². The summed E-state index contributed by atoms with van der Waals surface area (Å²) in [5.74, 6) is 0.540. The first-order chi connectivity index (χ1) is 22.8. The Hall–Kier alpha value is -5.13. The van der Waals surface area contributed by atoms with Crippen LogP contribution < -0.4 is 25.9 Å². The summed E-state index contributed by atoms with van der Waals surface area (Å²) in [4.78, 5) is 26.9. The molecule has 2 aliphatic rings. The Labute approximate surface area is 275 Å². The molecule has 3 aromatic carbocycles. The normalized spacial score (nSPS) is 17.4. The molecule has 3 heterocycles. The monoisotopic (exact) mass is 643 g/mol. The number of fused-ring (bicyclic) bond motifs is 2. The summed E-state index contributed by atoms with van der Waals surface area (Å²) in [6.45, 7) is 7.29. The van der Waals surface area contributed by atoms with Gasteiger partial charge in [0.15, 0.2) is 0 Å². The lowest BCUT2D eigenvalue weighted by Crippen LogP contribution is -2.67. The number of nitrogens with one attached hydrogen (secondary N) is 2. The van der Waals surface area contributed by atoms with Gasteiger partial charge < -0.3 is 15.1 Å². The number of aromatic nitrogens is 3. The van der Waals surface area contributed by atoms with Crippen molar-refractivity contribution in [1.82, 2.24) is 15.0 Å². The van der Waals surface area contributed by atoms with Gasteiger partial charge in [0.1, 0.15) is 6.20 Å². The number of nitro groups is 1. The van der Waals surface area contributed by atoms with E-state index in [1.165, 1.54) is 16.6 Å². The molecular weight excluding hydrogens is 607 g/mol. The number of rotatable bonds is 8. The van der Waals surface area contributed by atoms with Gasteiger partial charge in [-0.1, -0.05) is 106 Å². The zero-order valence-corrected chi connectivity index (χ0v) is 27.6. The van der Waals surface area contributed by atoms with E-state index in [4.69, 9.17) is 9.41 Å². The first-order valence-corrected chi connectivity index (χ1v) is 17.8. The molecule has 0 bridgehead atoms. The Morgan fingerprint density at radius 2 is 1.57 bits per heavy atom. The summed E-state index contributed by atoms with van der Waals surface area (Å²) >= 11 is 0. The fourth-order valence-corrected chi connectivity index (χ4v) is 11.7. The third-order valence-electron chi connectivity index (χ3n) is 9.20. The van der Waals surface area contributed by atoms with Crippen molar-refractivity contribution in [3.63, 3.8) is 0 Å². The van der Waals surface area contributed by atoms with Crippen LogP contribution in [0.15, 0.2) is 110 Å². The van der Waals surface area contributed by atoms with E-state index in [0.29, 0.717) is 19.0 Å². The van der Waals surface area contributed by atoms with Gasteiger partial charge in [-0.3, -0.25) is 20.0 Å². The molecule has 1 aliphatic heterocycles. The van der Waals surface area contributed by atoms with Gasteiger partial charge in [-0.05, 0) is 45.4 Å². The largest absolute Gasteiger partial charge is 0.400 e. The molecule has 2 atom stereocenters. The molecule has 10 nitrogen and oxygen atoms in total. The van der Waals surface area contributed by atoms with Crippen molar-refractivity contribution in [2.45, 2.75) is 50.8 Å². The quantitative estimate of drug-likeness (QED) is 0.106. The minimum atomic E-state index is -2.82. The topological polar surface area (TPSA) is 118 Å². The highest BCUT2D eigenvalue weighted by molar-refractivity contribution is 6.99. The second-order valence-corrected chi connectivity index (χ2v) is 17.2. The maximum Gasteiger partial charge on any atom is 0.329 e. The van der Waals surface area contributed by atoms with Gasteiger partial charge in [0.05, 0.1) is 41.3 Å². The van der Waals surface area contributed by atoms with Gasteiger partial charge in [-0.2, -0.15) is 4.98 Å². The van der Waals surface area contributed by atoms with E-state index in [0.717, 1.165) is 28.9 Å². The molecular formula is C36H37N7O3Si. The molecule has 1 aliphatic carbocycles. The second-order valence-electron chi connectivity index (χ2n) is 13.0. The molecule has 0 unspecified atom stereocenters. The molecule has 7 rings (SSSR count). The molecule has 0 radical (unpaired) electrons. The third kappa shape index (κ3) is 5.51. The Bertz CT molecular complexity index is 1860. The number of pyridine rings is 1. The minimum absolute atomic E-state index is 0.161. The average Bonchev–Trinajstić information content (AvgIpc) is 3.52. The van der Waals surface area contributed by atoms with Gasteiger partial charge in [-0.25, -0.2) is 4.98 Å². The van der Waals surface area contributed by atoms with Crippen LogP contribution in [0.4, 0.5) is 28.8 Å². The third-order valence-corrected chi connectivity index (χ3v) is 14.2. The molecule has 11 heteroatoms. The molecule has 0 saturated heterocycles. The van der Waals surface area contributed by atoms with Gasteiger partial charge in [0.2, 0.25) is 11.8 Å². The average molecular weight is 644 g/mol. The zero-order chi connectivity index (χ0) is 32.6. The highest BCUT2D eigenvalue weighted by Crippen LogP contribution is 2.46. The molecule has 0 fully saturated rings. The number of hydrogen-bond donors (Lipinski definition) is 2. The molecule has 2 aromatic heterocycles. The Morgan fingerprint density at radius 1 is 0.915 bits per heavy atom. The van der Waals surface area contributed by atoms with Crippen molar-refractivity contribution in [2.24, 2.45) is 0 Å². The van der Waals surface area contributed by atoms with E-state index in [1.54, 1.807) is 12.4 Å². The van der Waals surface area contributed by atoms with E-state index in [1.807, 2.05) is 23.1 Å². The Kier molecular flexibility index (Phi) is 7.94. The van der Waals surface area contributed by atoms with E-state index < -0.39 is 13.2 Å². The smallest absolute Gasteiger partial charge is 0.329 e. The van der Waals surface area contributed by atoms with Gasteiger partial charge in [0, 0.05) is 6.20 Å². The lowest BCUT2D eigenvalue weighted by atomic mass is 9.86. The van der Waals surface area contributed by atoms with Crippen LogP contribution in [-0.2, 0) is 4.43 Å². The summed E-state index contributed by atoms with van der Waals surface area (Å²) in [6, 6.07) is 31.3. The lowest BCUT2D eigenvalue weighted by molar-refractivity contribution is -0.384. The van der Waals surface area contributed by atoms with Crippen LogP contribution >= 0.6 is 0 Å². The summed E-state index contributed by atoms with van der Waals surface area (Å²) in [5, 5.41) is 21.2. The molecule has 0 spiro atoms. The first kappa shape index (κ1) is 30.5. The van der Waals surface area contributed by atoms with Gasteiger partial charge in [0.25, 0.3) is 8.32 Å². The molecule has 0 amide bonds. The maximum absolute atomic E-state index is 12.1. The van der Waals surface area contributed by atoms with Crippen molar-refractivity contribution in [3.05, 3.63) is 131 Å². The second kappa shape index (κ2) is 12.2. The van der Waals surface area contributed by atoms with Gasteiger partial charge in [-0.15, -0.1) is 0 Å². The fraction of sp³-hybridized carbons (Fsp3) is 0.250. The molecule has 2 N–H and O–H groups in total. The van der Waals surface area contributed by atoms with Crippen LogP contribution in [0.1, 0.15) is 56.9 Å². The van der Waals surface area contributed by atoms with Crippen molar-refractivity contribution in [1.29, 1.82) is 0 Å². The minimum Gasteiger partial charge on any atom is -0.400 e. The molecule has 5 aromatic rings. The van der Waals surface area contributed by atoms with Crippen LogP contribution in [0.5, 0.6) is 0 Å². The van der Waals surface area contributed by atoms with Crippen LogP contribution in [0.2, 0.25) is 5.04 Å². The standard InChI is InChI=1S/C36H37N7O3Si/c1-36(2,3)47(25-12-6-4-7-13-25,26-14-8-5-9-15-26)46-33-19-18-29(27-16-10-11-17-28(27)33)40-34-32(43(44)45)23-38-35(41-34)42-24-39-30-20-21-37-22-31(30)42/h4-17,20-23,29,33,39H,18-19,24H2,1-3H3,(H,38,40,41)/t29-,33-/m1/s1. The van der Waals surface area contributed by atoms with Crippen molar-refractivity contribution >= 4 is 47.5 Å².